The van der Waals surface area contributed by atoms with Gasteiger partial charge in [0, 0.05) is 19.3 Å². The van der Waals surface area contributed by atoms with Crippen molar-refractivity contribution in [2.45, 2.75) is 19.0 Å². The molecule has 1 fully saturated rings. The number of hydrogen-bond donors (Lipinski definition) is 0. The fourth-order valence-electron chi connectivity index (χ4n) is 2.84. The van der Waals surface area contributed by atoms with E-state index in [0.717, 1.165) is 29.6 Å². The zero-order chi connectivity index (χ0) is 17.2. The third-order valence-electron chi connectivity index (χ3n) is 4.06. The molecule has 0 spiro atoms. The molecule has 2 aromatic rings. The normalized spacial score (nSPS) is 15.5. The van der Waals surface area contributed by atoms with Gasteiger partial charge >= 0.3 is 6.18 Å². The predicted molar refractivity (Wildman–Crippen MR) is 85.1 cm³/mol. The lowest BCUT2D eigenvalue weighted by Gasteiger charge is -2.29. The number of rotatable bonds is 2. The number of halogens is 4. The molecule has 0 N–H and O–H groups in total. The summed E-state index contributed by atoms with van der Waals surface area (Å²) in [6.07, 6.45) is -0.0474. The molecule has 0 bridgehead atoms. The number of nitrogens with zero attached hydrogens (tertiary/aromatic N) is 2. The Morgan fingerprint density at radius 2 is 1.79 bits per heavy atom. The van der Waals surface area contributed by atoms with Crippen LogP contribution in [0.25, 0.3) is 6.08 Å². The van der Waals surface area contributed by atoms with Crippen LogP contribution in [0.1, 0.15) is 24.0 Å². The lowest BCUT2D eigenvalue weighted by molar-refractivity contribution is -0.137. The first-order valence-corrected chi connectivity index (χ1v) is 7.65. The van der Waals surface area contributed by atoms with Crippen LogP contribution >= 0.6 is 0 Å². The van der Waals surface area contributed by atoms with Gasteiger partial charge in [-0.05, 0) is 48.7 Å². The highest BCUT2D eigenvalue weighted by molar-refractivity contribution is 5.58. The fourth-order valence-corrected chi connectivity index (χ4v) is 2.84. The van der Waals surface area contributed by atoms with E-state index in [1.54, 1.807) is 6.20 Å². The molecule has 0 saturated carbocycles. The summed E-state index contributed by atoms with van der Waals surface area (Å²) in [7, 11) is 0. The maximum absolute atomic E-state index is 13.4. The lowest BCUT2D eigenvalue weighted by Crippen LogP contribution is -2.31. The van der Waals surface area contributed by atoms with Crippen LogP contribution in [0.15, 0.2) is 48.2 Å². The predicted octanol–water partition coefficient (Wildman–Crippen LogP) is 4.92. The van der Waals surface area contributed by atoms with E-state index in [1.807, 2.05) is 18.2 Å². The van der Waals surface area contributed by atoms with Crippen molar-refractivity contribution in [3.05, 3.63) is 65.1 Å². The fraction of sp³-hybridized carbons (Fsp3) is 0.278. The van der Waals surface area contributed by atoms with E-state index in [0.29, 0.717) is 25.9 Å². The van der Waals surface area contributed by atoms with Crippen LogP contribution in [-0.4, -0.2) is 18.1 Å². The number of aromatic nitrogens is 1. The third kappa shape index (κ3) is 3.75. The minimum absolute atomic E-state index is 0.108. The number of anilines is 1. The molecule has 0 aliphatic carbocycles. The SMILES string of the molecule is Fc1ccc(C(F)(F)F)c(C=C2CCN(c3ccccn3)CC2)c1. The van der Waals surface area contributed by atoms with E-state index in [4.69, 9.17) is 0 Å². The van der Waals surface area contributed by atoms with Crippen molar-refractivity contribution in [3.63, 3.8) is 0 Å². The van der Waals surface area contributed by atoms with E-state index in [2.05, 4.69) is 9.88 Å². The summed E-state index contributed by atoms with van der Waals surface area (Å²) >= 11 is 0. The van der Waals surface area contributed by atoms with Crippen molar-refractivity contribution in [2.75, 3.05) is 18.0 Å². The van der Waals surface area contributed by atoms with Crippen LogP contribution in [0.5, 0.6) is 0 Å². The Bertz CT molecular complexity index is 728. The summed E-state index contributed by atoms with van der Waals surface area (Å²) in [5, 5.41) is 0. The van der Waals surface area contributed by atoms with Gasteiger partial charge in [-0.1, -0.05) is 17.7 Å². The van der Waals surface area contributed by atoms with Crippen molar-refractivity contribution >= 4 is 11.9 Å². The second-order valence-electron chi connectivity index (χ2n) is 5.71. The van der Waals surface area contributed by atoms with Gasteiger partial charge in [-0.25, -0.2) is 9.37 Å². The Morgan fingerprint density at radius 3 is 2.42 bits per heavy atom. The average Bonchev–Trinajstić information content (AvgIpc) is 2.55. The molecule has 0 unspecified atom stereocenters. The highest BCUT2D eigenvalue weighted by Gasteiger charge is 2.33. The van der Waals surface area contributed by atoms with Gasteiger partial charge in [0.2, 0.25) is 0 Å². The average molecular weight is 336 g/mol. The first-order valence-electron chi connectivity index (χ1n) is 7.65. The van der Waals surface area contributed by atoms with Gasteiger partial charge in [-0.2, -0.15) is 13.2 Å². The summed E-state index contributed by atoms with van der Waals surface area (Å²) in [6.45, 7) is 1.36. The largest absolute Gasteiger partial charge is 0.416 e. The highest BCUT2D eigenvalue weighted by atomic mass is 19.4. The highest BCUT2D eigenvalue weighted by Crippen LogP contribution is 2.34. The number of pyridine rings is 1. The van der Waals surface area contributed by atoms with Crippen molar-refractivity contribution in [1.29, 1.82) is 0 Å². The van der Waals surface area contributed by atoms with Gasteiger partial charge < -0.3 is 4.90 Å². The Kier molecular flexibility index (Phi) is 4.55. The molecule has 1 aromatic carbocycles. The monoisotopic (exact) mass is 336 g/mol. The Hall–Kier alpha value is -2.37. The van der Waals surface area contributed by atoms with E-state index in [-0.39, 0.29) is 5.56 Å². The van der Waals surface area contributed by atoms with E-state index in [9.17, 15) is 17.6 Å². The van der Waals surface area contributed by atoms with Gasteiger partial charge in [0.25, 0.3) is 0 Å². The molecule has 1 aliphatic heterocycles. The van der Waals surface area contributed by atoms with E-state index < -0.39 is 17.6 Å². The minimum atomic E-state index is -4.49. The molecule has 2 heterocycles. The van der Waals surface area contributed by atoms with Gasteiger partial charge in [0.05, 0.1) is 5.56 Å². The first-order chi connectivity index (χ1) is 11.4. The summed E-state index contributed by atoms with van der Waals surface area (Å²) < 4.78 is 52.5. The zero-order valence-corrected chi connectivity index (χ0v) is 12.9. The summed E-state index contributed by atoms with van der Waals surface area (Å²) in [5.74, 6) is 0.194. The molecular formula is C18H16F4N2. The number of alkyl halides is 3. The first kappa shape index (κ1) is 16.5. The van der Waals surface area contributed by atoms with Crippen molar-refractivity contribution in [3.8, 4) is 0 Å². The molecule has 1 saturated heterocycles. The van der Waals surface area contributed by atoms with Crippen LogP contribution in [-0.2, 0) is 6.18 Å². The second-order valence-corrected chi connectivity index (χ2v) is 5.71. The van der Waals surface area contributed by atoms with Crippen LogP contribution in [0.3, 0.4) is 0 Å². The molecule has 126 valence electrons. The Labute approximate surface area is 137 Å². The quantitative estimate of drug-likeness (QED) is 0.724. The van der Waals surface area contributed by atoms with Gasteiger partial charge in [0.1, 0.15) is 11.6 Å². The topological polar surface area (TPSA) is 16.1 Å². The number of hydrogen-bond acceptors (Lipinski definition) is 2. The maximum Gasteiger partial charge on any atom is 0.416 e. The van der Waals surface area contributed by atoms with Gasteiger partial charge in [-0.15, -0.1) is 0 Å². The van der Waals surface area contributed by atoms with E-state index in [1.165, 1.54) is 6.08 Å². The van der Waals surface area contributed by atoms with Gasteiger partial charge in [-0.3, -0.25) is 0 Å². The van der Waals surface area contributed by atoms with Gasteiger partial charge in [0.15, 0.2) is 0 Å². The minimum Gasteiger partial charge on any atom is -0.356 e. The lowest BCUT2D eigenvalue weighted by atomic mass is 9.98. The molecule has 1 aliphatic rings. The molecule has 0 atom stereocenters. The van der Waals surface area contributed by atoms with E-state index >= 15 is 0 Å². The molecule has 1 aromatic heterocycles. The van der Waals surface area contributed by atoms with Crippen LogP contribution in [0.2, 0.25) is 0 Å². The van der Waals surface area contributed by atoms with Crippen molar-refractivity contribution in [1.82, 2.24) is 4.98 Å². The molecular weight excluding hydrogens is 320 g/mol. The summed E-state index contributed by atoms with van der Waals surface area (Å²) in [5.41, 5.74) is -0.0226. The third-order valence-corrected chi connectivity index (χ3v) is 4.06. The zero-order valence-electron chi connectivity index (χ0n) is 12.9. The van der Waals surface area contributed by atoms with Crippen LogP contribution in [0, 0.1) is 5.82 Å². The molecule has 2 nitrogen and oxygen atoms in total. The second kappa shape index (κ2) is 6.63. The summed E-state index contributed by atoms with van der Waals surface area (Å²) in [4.78, 5) is 6.37. The van der Waals surface area contributed by atoms with Crippen molar-refractivity contribution in [2.24, 2.45) is 0 Å². The Morgan fingerprint density at radius 1 is 1.04 bits per heavy atom. The van der Waals surface area contributed by atoms with Crippen LogP contribution < -0.4 is 4.90 Å². The van der Waals surface area contributed by atoms with Crippen molar-refractivity contribution < 1.29 is 17.6 Å². The number of piperidine rings is 1. The van der Waals surface area contributed by atoms with Crippen LogP contribution in [0.4, 0.5) is 23.4 Å². The molecule has 3 rings (SSSR count). The molecule has 0 amide bonds. The Balaban J connectivity index is 1.78. The smallest absolute Gasteiger partial charge is 0.356 e. The standard InChI is InChI=1S/C18H16F4N2/c19-15-4-5-16(18(20,21)22)14(12-15)11-13-6-9-24(10-7-13)17-3-1-2-8-23-17/h1-5,8,11-12H,6-7,9-10H2. The summed E-state index contributed by atoms with van der Waals surface area (Å²) in [6, 6.07) is 8.22. The number of benzene rings is 1. The molecule has 6 heteroatoms. The molecule has 0 radical (unpaired) electrons. The molecule has 24 heavy (non-hydrogen) atoms. The maximum atomic E-state index is 13.4.